The predicted molar refractivity (Wildman–Crippen MR) is 82.5 cm³/mol. The minimum atomic E-state index is 0.915. The molecule has 92 valence electrons. The molecule has 2 aromatic rings. The van der Waals surface area contributed by atoms with Crippen molar-refractivity contribution in [2.75, 3.05) is 4.90 Å². The van der Waals surface area contributed by atoms with Crippen LogP contribution in [0.3, 0.4) is 0 Å². The first-order chi connectivity index (χ1) is 9.29. The van der Waals surface area contributed by atoms with Crippen molar-refractivity contribution >= 4 is 39.1 Å². The molecule has 0 aliphatic carbocycles. The van der Waals surface area contributed by atoms with Crippen molar-refractivity contribution in [3.05, 3.63) is 64.0 Å². The molecule has 0 radical (unpaired) electrons. The number of anilines is 1. The predicted octanol–water partition coefficient (Wildman–Crippen LogP) is 4.84. The van der Waals surface area contributed by atoms with E-state index in [1.54, 1.807) is 16.7 Å². The third kappa shape index (κ3) is 2.27. The summed E-state index contributed by atoms with van der Waals surface area (Å²) in [4.78, 5) is 2.78. The lowest BCUT2D eigenvalue weighted by molar-refractivity contribution is 1.23. The van der Waals surface area contributed by atoms with Crippen LogP contribution in [0, 0.1) is 11.5 Å². The van der Waals surface area contributed by atoms with Gasteiger partial charge in [0.15, 0.2) is 6.19 Å². The average molecular weight is 329 g/mol. The fourth-order valence-corrected chi connectivity index (χ4v) is 3.15. The van der Waals surface area contributed by atoms with Crippen molar-refractivity contribution in [2.45, 2.75) is 4.90 Å². The van der Waals surface area contributed by atoms with E-state index in [0.717, 1.165) is 26.3 Å². The maximum Gasteiger partial charge on any atom is 0.189 e. The molecule has 0 N–H and O–H groups in total. The molecule has 0 atom stereocenters. The van der Waals surface area contributed by atoms with E-state index in [1.165, 1.54) is 0 Å². The molecule has 0 spiro atoms. The van der Waals surface area contributed by atoms with E-state index in [4.69, 9.17) is 0 Å². The molecule has 0 amide bonds. The van der Waals surface area contributed by atoms with Crippen LogP contribution < -0.4 is 4.90 Å². The smallest absolute Gasteiger partial charge is 0.189 e. The van der Waals surface area contributed by atoms with E-state index in [0.29, 0.717) is 0 Å². The van der Waals surface area contributed by atoms with Gasteiger partial charge in [-0.1, -0.05) is 52.0 Å². The molecule has 0 aromatic heterocycles. The van der Waals surface area contributed by atoms with Crippen molar-refractivity contribution < 1.29 is 0 Å². The highest BCUT2D eigenvalue weighted by Gasteiger charge is 2.20. The van der Waals surface area contributed by atoms with Crippen molar-refractivity contribution in [1.82, 2.24) is 0 Å². The zero-order valence-corrected chi connectivity index (χ0v) is 12.3. The zero-order chi connectivity index (χ0) is 13.2. The Morgan fingerprint density at radius 3 is 2.53 bits per heavy atom. The number of benzene rings is 2. The lowest BCUT2D eigenvalue weighted by Gasteiger charge is -2.25. The summed E-state index contributed by atoms with van der Waals surface area (Å²) in [5, 5.41) is 11.5. The summed E-state index contributed by atoms with van der Waals surface area (Å²) >= 11 is 5.07. The van der Waals surface area contributed by atoms with Gasteiger partial charge in [-0.15, -0.1) is 0 Å². The maximum atomic E-state index is 9.44. The summed E-state index contributed by atoms with van der Waals surface area (Å²) in [5.74, 6) is 0. The van der Waals surface area contributed by atoms with Gasteiger partial charge in [-0.2, -0.15) is 5.26 Å². The highest BCUT2D eigenvalue weighted by atomic mass is 79.9. The second kappa shape index (κ2) is 5.12. The Bertz CT molecular complexity index is 686. The normalized spacial score (nSPS) is 13.5. The molecule has 4 heteroatoms. The highest BCUT2D eigenvalue weighted by molar-refractivity contribution is 9.10. The first-order valence-corrected chi connectivity index (χ1v) is 7.38. The number of nitrogens with zero attached hydrogens (tertiary/aromatic N) is 2. The summed E-state index contributed by atoms with van der Waals surface area (Å²) in [5.41, 5.74) is 2.89. The quantitative estimate of drug-likeness (QED) is 0.701. The number of halogens is 1. The second-order valence-electron chi connectivity index (χ2n) is 4.03. The molecular weight excluding hydrogens is 320 g/mol. The largest absolute Gasteiger partial charge is 0.245 e. The third-order valence-electron chi connectivity index (χ3n) is 2.88. The van der Waals surface area contributed by atoms with Crippen molar-refractivity contribution in [3.8, 4) is 6.19 Å². The summed E-state index contributed by atoms with van der Waals surface area (Å²) in [7, 11) is 0. The molecule has 0 unspecified atom stereocenters. The van der Waals surface area contributed by atoms with Gasteiger partial charge in [0.1, 0.15) is 0 Å². The summed E-state index contributed by atoms with van der Waals surface area (Å²) in [6.45, 7) is 0. The third-order valence-corrected chi connectivity index (χ3v) is 4.35. The molecule has 3 rings (SSSR count). The Hall–Kier alpha value is -1.70. The average Bonchev–Trinajstić information content (AvgIpc) is 2.47. The summed E-state index contributed by atoms with van der Waals surface area (Å²) in [6.07, 6.45) is 2.26. The first-order valence-electron chi connectivity index (χ1n) is 5.71. The Balaban J connectivity index is 2.07. The van der Waals surface area contributed by atoms with Gasteiger partial charge in [0.2, 0.25) is 0 Å². The number of nitriles is 1. The van der Waals surface area contributed by atoms with E-state index in [1.807, 2.05) is 53.9 Å². The van der Waals surface area contributed by atoms with Gasteiger partial charge in [0.25, 0.3) is 0 Å². The Labute approximate surface area is 124 Å². The van der Waals surface area contributed by atoms with Gasteiger partial charge in [-0.3, -0.25) is 0 Å². The molecule has 19 heavy (non-hydrogen) atoms. The van der Waals surface area contributed by atoms with Gasteiger partial charge >= 0.3 is 0 Å². The molecule has 0 bridgehead atoms. The summed E-state index contributed by atoms with van der Waals surface area (Å²) in [6, 6.07) is 15.9. The van der Waals surface area contributed by atoms with Crippen molar-refractivity contribution in [1.29, 1.82) is 5.26 Å². The molecule has 1 aliphatic heterocycles. The standard InChI is InChI=1S/C15H9BrN2S/c16-12-7-5-11(6-8-12)14-9-19-15-4-2-1-3-13(15)18(14)10-17/h1-9H. The lowest BCUT2D eigenvalue weighted by atomic mass is 10.1. The molecule has 0 saturated carbocycles. The fourth-order valence-electron chi connectivity index (χ4n) is 1.97. The zero-order valence-electron chi connectivity index (χ0n) is 9.88. The van der Waals surface area contributed by atoms with Gasteiger partial charge in [-0.25, -0.2) is 4.90 Å². The van der Waals surface area contributed by atoms with Crippen LogP contribution in [0.4, 0.5) is 5.69 Å². The maximum absolute atomic E-state index is 9.44. The molecular formula is C15H9BrN2S. The molecule has 1 aliphatic rings. The van der Waals surface area contributed by atoms with Crippen LogP contribution in [-0.2, 0) is 0 Å². The Kier molecular flexibility index (Phi) is 3.33. The Morgan fingerprint density at radius 2 is 1.79 bits per heavy atom. The number of thioether (sulfide) groups is 1. The molecule has 1 heterocycles. The number of hydrogen-bond donors (Lipinski definition) is 0. The number of fused-ring (bicyclic) bond motifs is 1. The van der Waals surface area contributed by atoms with Crippen LogP contribution in [0.25, 0.3) is 5.70 Å². The van der Waals surface area contributed by atoms with Gasteiger partial charge in [0, 0.05) is 14.8 Å². The van der Waals surface area contributed by atoms with Crippen LogP contribution >= 0.6 is 27.7 Å². The van der Waals surface area contributed by atoms with E-state index in [9.17, 15) is 5.26 Å². The fraction of sp³-hybridized carbons (Fsp3) is 0. The first kappa shape index (κ1) is 12.3. The van der Waals surface area contributed by atoms with Gasteiger partial charge in [-0.05, 0) is 29.8 Å². The molecule has 2 aromatic carbocycles. The molecule has 2 nitrogen and oxygen atoms in total. The Morgan fingerprint density at radius 1 is 1.05 bits per heavy atom. The van der Waals surface area contributed by atoms with Crippen LogP contribution in [0.5, 0.6) is 0 Å². The minimum absolute atomic E-state index is 0.915. The topological polar surface area (TPSA) is 27.0 Å². The number of para-hydroxylation sites is 1. The van der Waals surface area contributed by atoms with Crippen LogP contribution in [0.1, 0.15) is 5.56 Å². The monoisotopic (exact) mass is 328 g/mol. The van der Waals surface area contributed by atoms with Gasteiger partial charge < -0.3 is 0 Å². The molecule has 0 saturated heterocycles. The van der Waals surface area contributed by atoms with Crippen LogP contribution in [-0.4, -0.2) is 0 Å². The summed E-state index contributed by atoms with van der Waals surface area (Å²) < 4.78 is 1.03. The van der Waals surface area contributed by atoms with Crippen LogP contribution in [0.15, 0.2) is 63.3 Å². The minimum Gasteiger partial charge on any atom is -0.245 e. The van der Waals surface area contributed by atoms with Gasteiger partial charge in [0.05, 0.1) is 11.4 Å². The molecule has 0 fully saturated rings. The van der Waals surface area contributed by atoms with Crippen molar-refractivity contribution in [3.63, 3.8) is 0 Å². The highest BCUT2D eigenvalue weighted by Crippen LogP contribution is 2.41. The van der Waals surface area contributed by atoms with Crippen molar-refractivity contribution in [2.24, 2.45) is 0 Å². The van der Waals surface area contributed by atoms with E-state index in [-0.39, 0.29) is 0 Å². The van der Waals surface area contributed by atoms with E-state index < -0.39 is 0 Å². The lowest BCUT2D eigenvalue weighted by Crippen LogP contribution is -2.17. The SMILES string of the molecule is N#CN1C(c2ccc(Br)cc2)=CSc2ccccc21. The number of hydrogen-bond acceptors (Lipinski definition) is 3. The number of rotatable bonds is 1. The van der Waals surface area contributed by atoms with E-state index in [2.05, 4.69) is 22.1 Å². The van der Waals surface area contributed by atoms with Crippen LogP contribution in [0.2, 0.25) is 0 Å². The second-order valence-corrected chi connectivity index (χ2v) is 5.86. The van der Waals surface area contributed by atoms with E-state index >= 15 is 0 Å².